The van der Waals surface area contributed by atoms with E-state index in [1.165, 1.54) is 6.07 Å². The molecule has 6 heteroatoms. The first kappa shape index (κ1) is 16.7. The Morgan fingerprint density at radius 2 is 1.67 bits per heavy atom. The number of benzene rings is 2. The number of rotatable bonds is 4. The maximum absolute atomic E-state index is 11.3. The summed E-state index contributed by atoms with van der Waals surface area (Å²) in [4.78, 5) is 22.2. The van der Waals surface area contributed by atoms with Crippen LogP contribution in [0.3, 0.4) is 0 Å². The van der Waals surface area contributed by atoms with Gasteiger partial charge >= 0.3 is 5.97 Å². The van der Waals surface area contributed by atoms with Gasteiger partial charge in [-0.1, -0.05) is 24.3 Å². The number of carbonyl (C=O) groups excluding carboxylic acids is 1. The van der Waals surface area contributed by atoms with Gasteiger partial charge in [0.1, 0.15) is 0 Å². The smallest absolute Gasteiger partial charge is 0.335 e. The predicted octanol–water partition coefficient (Wildman–Crippen LogP) is 2.37. The van der Waals surface area contributed by atoms with Gasteiger partial charge in [-0.2, -0.15) is 0 Å². The summed E-state index contributed by atoms with van der Waals surface area (Å²) in [6.07, 6.45) is 0. The Balaban J connectivity index is 0.00000220. The number of amides is 1. The van der Waals surface area contributed by atoms with E-state index < -0.39 is 5.97 Å². The second-order valence-electron chi connectivity index (χ2n) is 4.22. The minimum absolute atomic E-state index is 0. The van der Waals surface area contributed by atoms with Crippen LogP contribution in [0.5, 0.6) is 0 Å². The number of halogens is 1. The van der Waals surface area contributed by atoms with E-state index in [2.05, 4.69) is 5.32 Å². The predicted molar refractivity (Wildman–Crippen MR) is 83.8 cm³/mol. The molecule has 0 saturated heterocycles. The lowest BCUT2D eigenvalue weighted by atomic mass is 10.0. The Morgan fingerprint density at radius 1 is 1.05 bits per heavy atom. The summed E-state index contributed by atoms with van der Waals surface area (Å²) in [5.41, 5.74) is 7.68. The van der Waals surface area contributed by atoms with Crippen molar-refractivity contribution in [3.05, 3.63) is 54.1 Å². The number of carboxylic acids is 1. The van der Waals surface area contributed by atoms with E-state index in [1.54, 1.807) is 30.3 Å². The van der Waals surface area contributed by atoms with Crippen molar-refractivity contribution >= 4 is 30.0 Å². The maximum atomic E-state index is 11.3. The highest BCUT2D eigenvalue weighted by atomic mass is 35.5. The largest absolute Gasteiger partial charge is 0.478 e. The highest BCUT2D eigenvalue weighted by molar-refractivity contribution is 5.93. The van der Waals surface area contributed by atoms with Gasteiger partial charge in [0.2, 0.25) is 5.91 Å². The fourth-order valence-corrected chi connectivity index (χ4v) is 1.82. The first-order chi connectivity index (χ1) is 9.60. The molecule has 0 spiro atoms. The number of hydrogen-bond acceptors (Lipinski definition) is 3. The zero-order chi connectivity index (χ0) is 14.5. The van der Waals surface area contributed by atoms with E-state index >= 15 is 0 Å². The fourth-order valence-electron chi connectivity index (χ4n) is 1.82. The first-order valence-corrected chi connectivity index (χ1v) is 6.04. The van der Waals surface area contributed by atoms with Gasteiger partial charge < -0.3 is 16.2 Å². The summed E-state index contributed by atoms with van der Waals surface area (Å²) in [7, 11) is 0. The molecule has 4 N–H and O–H groups in total. The van der Waals surface area contributed by atoms with Crippen LogP contribution in [0.1, 0.15) is 10.4 Å². The summed E-state index contributed by atoms with van der Waals surface area (Å²) in [6, 6.07) is 13.8. The van der Waals surface area contributed by atoms with Crippen LogP contribution < -0.4 is 11.1 Å². The SMILES string of the molecule is Cl.NCC(=O)Nc1cccc(-c2cccc(C(=O)O)c2)c1. The summed E-state index contributed by atoms with van der Waals surface area (Å²) < 4.78 is 0. The van der Waals surface area contributed by atoms with E-state index in [1.807, 2.05) is 12.1 Å². The van der Waals surface area contributed by atoms with Gasteiger partial charge in [0, 0.05) is 5.69 Å². The van der Waals surface area contributed by atoms with Gasteiger partial charge in [0.25, 0.3) is 0 Å². The highest BCUT2D eigenvalue weighted by Crippen LogP contribution is 2.23. The van der Waals surface area contributed by atoms with Crippen LogP contribution in [0.4, 0.5) is 5.69 Å². The Labute approximate surface area is 128 Å². The van der Waals surface area contributed by atoms with Crippen LogP contribution in [0.25, 0.3) is 11.1 Å². The van der Waals surface area contributed by atoms with Crippen molar-refractivity contribution in [1.82, 2.24) is 0 Å². The number of hydrogen-bond donors (Lipinski definition) is 3. The van der Waals surface area contributed by atoms with E-state index in [4.69, 9.17) is 10.8 Å². The van der Waals surface area contributed by atoms with Gasteiger partial charge in [0.15, 0.2) is 0 Å². The summed E-state index contributed by atoms with van der Waals surface area (Å²) in [5.74, 6) is -1.25. The molecular weight excluding hydrogens is 292 g/mol. The molecule has 0 heterocycles. The van der Waals surface area contributed by atoms with Crippen molar-refractivity contribution in [2.24, 2.45) is 5.73 Å². The van der Waals surface area contributed by atoms with Gasteiger partial charge in [-0.25, -0.2) is 4.79 Å². The highest BCUT2D eigenvalue weighted by Gasteiger charge is 2.06. The Morgan fingerprint density at radius 3 is 2.29 bits per heavy atom. The third-order valence-electron chi connectivity index (χ3n) is 2.77. The molecule has 0 aliphatic carbocycles. The Bertz CT molecular complexity index is 659. The van der Waals surface area contributed by atoms with Gasteiger partial charge in [0.05, 0.1) is 12.1 Å². The molecule has 2 aromatic carbocycles. The van der Waals surface area contributed by atoms with Crippen LogP contribution in [0.15, 0.2) is 48.5 Å². The lowest BCUT2D eigenvalue weighted by Gasteiger charge is -2.07. The lowest BCUT2D eigenvalue weighted by molar-refractivity contribution is -0.114. The number of aromatic carboxylic acids is 1. The number of carboxylic acid groups (broad SMARTS) is 1. The number of anilines is 1. The normalized spacial score (nSPS) is 9.57. The molecule has 0 aromatic heterocycles. The van der Waals surface area contributed by atoms with Gasteiger partial charge in [-0.05, 0) is 35.4 Å². The molecule has 0 atom stereocenters. The quantitative estimate of drug-likeness (QED) is 0.808. The minimum Gasteiger partial charge on any atom is -0.478 e. The molecule has 1 amide bonds. The molecule has 5 nitrogen and oxygen atoms in total. The van der Waals surface area contributed by atoms with Crippen molar-refractivity contribution < 1.29 is 14.7 Å². The summed E-state index contributed by atoms with van der Waals surface area (Å²) >= 11 is 0. The molecule has 0 aliphatic heterocycles. The van der Waals surface area contributed by atoms with Crippen molar-refractivity contribution in [1.29, 1.82) is 0 Å². The summed E-state index contributed by atoms with van der Waals surface area (Å²) in [6.45, 7) is -0.0846. The average Bonchev–Trinajstić information content (AvgIpc) is 2.47. The average molecular weight is 307 g/mol. The minimum atomic E-state index is -0.973. The molecule has 0 fully saturated rings. The van der Waals surface area contributed by atoms with Crippen molar-refractivity contribution in [3.63, 3.8) is 0 Å². The van der Waals surface area contributed by atoms with Crippen LogP contribution in [-0.2, 0) is 4.79 Å². The molecule has 2 rings (SSSR count). The van der Waals surface area contributed by atoms with Gasteiger partial charge in [-0.3, -0.25) is 4.79 Å². The molecule has 0 saturated carbocycles. The molecule has 21 heavy (non-hydrogen) atoms. The maximum Gasteiger partial charge on any atom is 0.335 e. The van der Waals surface area contributed by atoms with Gasteiger partial charge in [-0.15, -0.1) is 12.4 Å². The molecule has 0 bridgehead atoms. The topological polar surface area (TPSA) is 92.4 Å². The molecule has 0 unspecified atom stereocenters. The van der Waals surface area contributed by atoms with Crippen LogP contribution >= 0.6 is 12.4 Å². The zero-order valence-corrected chi connectivity index (χ0v) is 11.9. The Hall–Kier alpha value is -2.37. The Kier molecular flexibility index (Phi) is 5.90. The lowest BCUT2D eigenvalue weighted by Crippen LogP contribution is -2.21. The molecule has 2 aromatic rings. The monoisotopic (exact) mass is 306 g/mol. The van der Waals surface area contributed by atoms with Crippen LogP contribution in [-0.4, -0.2) is 23.5 Å². The van der Waals surface area contributed by atoms with Crippen LogP contribution in [0.2, 0.25) is 0 Å². The third-order valence-corrected chi connectivity index (χ3v) is 2.77. The van der Waals surface area contributed by atoms with Crippen molar-refractivity contribution in [2.75, 3.05) is 11.9 Å². The third kappa shape index (κ3) is 4.30. The standard InChI is InChI=1S/C15H14N2O3.ClH/c16-9-14(18)17-13-6-2-4-11(8-13)10-3-1-5-12(7-10)15(19)20;/h1-8H,9,16H2,(H,17,18)(H,19,20);1H. The van der Waals surface area contributed by atoms with E-state index in [0.29, 0.717) is 5.69 Å². The fraction of sp³-hybridized carbons (Fsp3) is 0.0667. The van der Waals surface area contributed by atoms with E-state index in [9.17, 15) is 9.59 Å². The number of carbonyl (C=O) groups is 2. The zero-order valence-electron chi connectivity index (χ0n) is 11.1. The van der Waals surface area contributed by atoms with Crippen LogP contribution in [0, 0.1) is 0 Å². The first-order valence-electron chi connectivity index (χ1n) is 6.04. The number of nitrogens with one attached hydrogen (secondary N) is 1. The molecule has 0 aliphatic rings. The van der Waals surface area contributed by atoms with E-state index in [0.717, 1.165) is 11.1 Å². The second-order valence-corrected chi connectivity index (χ2v) is 4.22. The van der Waals surface area contributed by atoms with Crippen molar-refractivity contribution in [2.45, 2.75) is 0 Å². The summed E-state index contributed by atoms with van der Waals surface area (Å²) in [5, 5.41) is 11.6. The molecule has 110 valence electrons. The van der Waals surface area contributed by atoms with E-state index in [-0.39, 0.29) is 30.4 Å². The number of nitrogens with two attached hydrogens (primary N) is 1. The second kappa shape index (κ2) is 7.42. The molecular formula is C15H15ClN2O3. The van der Waals surface area contributed by atoms with Crippen molar-refractivity contribution in [3.8, 4) is 11.1 Å². The molecule has 0 radical (unpaired) electrons.